The molecule has 1 fully saturated rings. The number of halogens is 1. The molecule has 0 radical (unpaired) electrons. The molecule has 1 aliphatic heterocycles. The topological polar surface area (TPSA) is 72.6 Å². The Labute approximate surface area is 132 Å². The SMILES string of the molecule is COCC(C)S(=O)(=O)N1C[C@@H](N)[C@H](c2ccccc2)C1.Cl. The molecule has 1 aromatic rings. The Morgan fingerprint density at radius 2 is 1.95 bits per heavy atom. The highest BCUT2D eigenvalue weighted by atomic mass is 35.5. The van der Waals surface area contributed by atoms with E-state index in [0.29, 0.717) is 13.1 Å². The molecule has 0 bridgehead atoms. The maximum atomic E-state index is 12.4. The van der Waals surface area contributed by atoms with Gasteiger partial charge < -0.3 is 10.5 Å². The van der Waals surface area contributed by atoms with Crippen molar-refractivity contribution in [1.29, 1.82) is 0 Å². The number of methoxy groups -OCH3 is 1. The first kappa shape index (κ1) is 18.4. The van der Waals surface area contributed by atoms with E-state index >= 15 is 0 Å². The molecule has 5 nitrogen and oxygen atoms in total. The van der Waals surface area contributed by atoms with E-state index in [1.807, 2.05) is 30.3 Å². The molecule has 3 atom stereocenters. The van der Waals surface area contributed by atoms with Gasteiger partial charge in [0, 0.05) is 32.2 Å². The van der Waals surface area contributed by atoms with Gasteiger partial charge in [0.1, 0.15) is 0 Å². The standard InChI is InChI=1S/C14H22N2O3S.ClH/c1-11(10-19-2)20(17,18)16-8-13(14(15)9-16)12-6-4-3-5-7-12;/h3-7,11,13-14H,8-10,15H2,1-2H3;1H/t11?,13-,14+;/m0./s1. The van der Waals surface area contributed by atoms with Crippen LogP contribution in [0.1, 0.15) is 18.4 Å². The number of nitrogens with zero attached hydrogens (tertiary/aromatic N) is 1. The highest BCUT2D eigenvalue weighted by Gasteiger charge is 2.39. The summed E-state index contributed by atoms with van der Waals surface area (Å²) in [5, 5.41) is -0.547. The minimum absolute atomic E-state index is 0. The Hall–Kier alpha value is -0.660. The number of hydrogen-bond acceptors (Lipinski definition) is 4. The molecule has 2 rings (SSSR count). The van der Waals surface area contributed by atoms with Crippen LogP contribution in [0.25, 0.3) is 0 Å². The number of sulfonamides is 1. The second-order valence-corrected chi connectivity index (χ2v) is 7.66. The number of benzene rings is 1. The Kier molecular flexibility index (Phi) is 6.62. The summed E-state index contributed by atoms with van der Waals surface area (Å²) in [5.74, 6) is 0.0562. The number of hydrogen-bond donors (Lipinski definition) is 1. The smallest absolute Gasteiger partial charge is 0.219 e. The molecule has 1 aromatic carbocycles. The number of nitrogens with two attached hydrogens (primary N) is 1. The number of rotatable bonds is 5. The highest BCUT2D eigenvalue weighted by molar-refractivity contribution is 7.89. The zero-order chi connectivity index (χ0) is 14.8. The fourth-order valence-corrected chi connectivity index (χ4v) is 4.19. The summed E-state index contributed by atoms with van der Waals surface area (Å²) in [6.07, 6.45) is 0. The van der Waals surface area contributed by atoms with Gasteiger partial charge in [-0.1, -0.05) is 30.3 Å². The van der Waals surface area contributed by atoms with Crippen LogP contribution in [0.4, 0.5) is 0 Å². The quantitative estimate of drug-likeness (QED) is 0.878. The van der Waals surface area contributed by atoms with Crippen molar-refractivity contribution in [3.63, 3.8) is 0 Å². The third-order valence-corrected chi connectivity index (χ3v) is 6.00. The van der Waals surface area contributed by atoms with Crippen LogP contribution in [0.15, 0.2) is 30.3 Å². The van der Waals surface area contributed by atoms with Gasteiger partial charge in [0.2, 0.25) is 10.0 Å². The zero-order valence-electron chi connectivity index (χ0n) is 12.3. The minimum Gasteiger partial charge on any atom is -0.383 e. The lowest BCUT2D eigenvalue weighted by atomic mass is 9.95. The van der Waals surface area contributed by atoms with Gasteiger partial charge in [0.15, 0.2) is 0 Å². The second kappa shape index (κ2) is 7.56. The van der Waals surface area contributed by atoms with Crippen LogP contribution in [0.5, 0.6) is 0 Å². The molecule has 2 N–H and O–H groups in total. The normalized spacial score (nSPS) is 24.5. The molecule has 1 unspecified atom stereocenters. The fourth-order valence-electron chi connectivity index (χ4n) is 2.63. The summed E-state index contributed by atoms with van der Waals surface area (Å²) in [6, 6.07) is 9.68. The van der Waals surface area contributed by atoms with Gasteiger partial charge in [0.25, 0.3) is 0 Å². The molecule has 0 aliphatic carbocycles. The average Bonchev–Trinajstić information content (AvgIpc) is 2.83. The molecule has 0 spiro atoms. The van der Waals surface area contributed by atoms with Crippen LogP contribution >= 0.6 is 12.4 Å². The first-order valence-corrected chi connectivity index (χ1v) is 8.25. The van der Waals surface area contributed by atoms with Crippen molar-refractivity contribution in [2.45, 2.75) is 24.1 Å². The fraction of sp³-hybridized carbons (Fsp3) is 0.571. The largest absolute Gasteiger partial charge is 0.383 e. The van der Waals surface area contributed by atoms with E-state index in [2.05, 4.69) is 0 Å². The molecule has 0 aromatic heterocycles. The van der Waals surface area contributed by atoms with Gasteiger partial charge in [-0.15, -0.1) is 12.4 Å². The lowest BCUT2D eigenvalue weighted by Gasteiger charge is -2.21. The lowest BCUT2D eigenvalue weighted by Crippen LogP contribution is -2.39. The van der Waals surface area contributed by atoms with E-state index in [1.54, 1.807) is 6.92 Å². The third kappa shape index (κ3) is 3.96. The summed E-state index contributed by atoms with van der Waals surface area (Å²) >= 11 is 0. The predicted octanol–water partition coefficient (Wildman–Crippen LogP) is 1.20. The van der Waals surface area contributed by atoms with Crippen LogP contribution in [0.2, 0.25) is 0 Å². The van der Waals surface area contributed by atoms with Crippen molar-refractivity contribution in [2.24, 2.45) is 5.73 Å². The molecular formula is C14H23ClN2O3S. The van der Waals surface area contributed by atoms with Gasteiger partial charge in [-0.25, -0.2) is 8.42 Å². The van der Waals surface area contributed by atoms with E-state index in [-0.39, 0.29) is 31.0 Å². The summed E-state index contributed by atoms with van der Waals surface area (Å²) < 4.78 is 31.3. The molecule has 0 saturated carbocycles. The van der Waals surface area contributed by atoms with Crippen molar-refractivity contribution in [3.05, 3.63) is 35.9 Å². The monoisotopic (exact) mass is 334 g/mol. The maximum absolute atomic E-state index is 12.4. The van der Waals surface area contributed by atoms with Crippen molar-refractivity contribution in [1.82, 2.24) is 4.31 Å². The Balaban J connectivity index is 0.00000220. The average molecular weight is 335 g/mol. The highest BCUT2D eigenvalue weighted by Crippen LogP contribution is 2.29. The van der Waals surface area contributed by atoms with Crippen molar-refractivity contribution < 1.29 is 13.2 Å². The Bertz CT molecular complexity index is 538. The lowest BCUT2D eigenvalue weighted by molar-refractivity contribution is 0.198. The molecule has 1 saturated heterocycles. The number of ether oxygens (including phenoxy) is 1. The van der Waals surface area contributed by atoms with Crippen LogP contribution in [0, 0.1) is 0 Å². The van der Waals surface area contributed by atoms with Gasteiger partial charge >= 0.3 is 0 Å². The second-order valence-electron chi connectivity index (χ2n) is 5.31. The third-order valence-electron chi connectivity index (χ3n) is 3.83. The van der Waals surface area contributed by atoms with Crippen LogP contribution < -0.4 is 5.73 Å². The van der Waals surface area contributed by atoms with Crippen LogP contribution in [-0.2, 0) is 14.8 Å². The molecule has 120 valence electrons. The molecular weight excluding hydrogens is 312 g/mol. The van der Waals surface area contributed by atoms with Crippen molar-refractivity contribution in [2.75, 3.05) is 26.8 Å². The summed E-state index contributed by atoms with van der Waals surface area (Å²) in [4.78, 5) is 0. The van der Waals surface area contributed by atoms with E-state index < -0.39 is 15.3 Å². The molecule has 21 heavy (non-hydrogen) atoms. The first-order chi connectivity index (χ1) is 9.46. The van der Waals surface area contributed by atoms with Crippen molar-refractivity contribution in [3.8, 4) is 0 Å². The van der Waals surface area contributed by atoms with Crippen LogP contribution in [-0.4, -0.2) is 50.8 Å². The van der Waals surface area contributed by atoms with E-state index in [4.69, 9.17) is 10.5 Å². The molecule has 7 heteroatoms. The van der Waals surface area contributed by atoms with Gasteiger partial charge in [-0.05, 0) is 12.5 Å². The summed E-state index contributed by atoms with van der Waals surface area (Å²) in [7, 11) is -1.84. The Morgan fingerprint density at radius 1 is 1.33 bits per heavy atom. The van der Waals surface area contributed by atoms with Gasteiger partial charge in [-0.3, -0.25) is 0 Å². The van der Waals surface area contributed by atoms with Crippen molar-refractivity contribution >= 4 is 22.4 Å². The molecule has 1 aliphatic rings. The summed E-state index contributed by atoms with van der Waals surface area (Å²) in [5.41, 5.74) is 7.23. The van der Waals surface area contributed by atoms with E-state index in [9.17, 15) is 8.42 Å². The van der Waals surface area contributed by atoms with Gasteiger partial charge in [0.05, 0.1) is 11.9 Å². The molecule has 0 amide bonds. The minimum atomic E-state index is -3.35. The van der Waals surface area contributed by atoms with Crippen LogP contribution in [0.3, 0.4) is 0 Å². The first-order valence-electron chi connectivity index (χ1n) is 6.75. The van der Waals surface area contributed by atoms with Gasteiger partial charge in [-0.2, -0.15) is 4.31 Å². The zero-order valence-corrected chi connectivity index (χ0v) is 13.9. The summed E-state index contributed by atoms with van der Waals surface area (Å²) in [6.45, 7) is 2.68. The maximum Gasteiger partial charge on any atom is 0.219 e. The predicted molar refractivity (Wildman–Crippen MR) is 86.2 cm³/mol. The Morgan fingerprint density at radius 3 is 2.52 bits per heavy atom. The van der Waals surface area contributed by atoms with E-state index in [0.717, 1.165) is 5.56 Å². The van der Waals surface area contributed by atoms with E-state index in [1.165, 1.54) is 11.4 Å². The molecule has 1 heterocycles.